The van der Waals surface area contributed by atoms with Gasteiger partial charge in [0.25, 0.3) is 0 Å². The second kappa shape index (κ2) is 7.83. The van der Waals surface area contributed by atoms with E-state index in [0.717, 1.165) is 10.9 Å². The van der Waals surface area contributed by atoms with E-state index in [4.69, 9.17) is 18.6 Å². The molecule has 3 aromatic rings. The number of aromatic hydroxyl groups is 1. The number of phenolic OH excluding ortho intramolecular Hbond substituents is 1. The van der Waals surface area contributed by atoms with Gasteiger partial charge in [-0.05, 0) is 55.3 Å². The number of carbonyl (C=O) groups is 1. The van der Waals surface area contributed by atoms with Crippen LogP contribution in [0.3, 0.4) is 0 Å². The van der Waals surface area contributed by atoms with Crippen LogP contribution in [-0.4, -0.2) is 29.9 Å². The molecule has 4 rings (SSSR count). The lowest BCUT2D eigenvalue weighted by molar-refractivity contribution is -0.155. The van der Waals surface area contributed by atoms with Crippen molar-refractivity contribution in [1.82, 2.24) is 0 Å². The van der Waals surface area contributed by atoms with E-state index in [1.807, 2.05) is 19.9 Å². The maximum absolute atomic E-state index is 12.5. The number of carbonyl (C=O) groups excluding carboxylic acids is 1. The van der Waals surface area contributed by atoms with E-state index in [0.29, 0.717) is 29.1 Å². The van der Waals surface area contributed by atoms with Crippen molar-refractivity contribution in [1.29, 1.82) is 0 Å². The minimum absolute atomic E-state index is 0.0220. The van der Waals surface area contributed by atoms with Gasteiger partial charge in [0.15, 0.2) is 11.5 Å². The summed E-state index contributed by atoms with van der Waals surface area (Å²) in [6, 6.07) is 11.4. The molecule has 0 radical (unpaired) electrons. The molecule has 7 nitrogen and oxygen atoms in total. The summed E-state index contributed by atoms with van der Waals surface area (Å²) >= 11 is 0. The zero-order valence-electron chi connectivity index (χ0n) is 17.4. The molecule has 160 valence electrons. The van der Waals surface area contributed by atoms with Crippen molar-refractivity contribution in [2.75, 3.05) is 7.11 Å². The Labute approximate surface area is 178 Å². The van der Waals surface area contributed by atoms with Crippen LogP contribution in [-0.2, 0) is 16.0 Å². The van der Waals surface area contributed by atoms with Crippen LogP contribution in [0, 0.1) is 0 Å². The molecule has 0 bridgehead atoms. The van der Waals surface area contributed by atoms with E-state index in [1.165, 1.54) is 25.3 Å². The van der Waals surface area contributed by atoms with Gasteiger partial charge in [-0.1, -0.05) is 6.07 Å². The van der Waals surface area contributed by atoms with Crippen LogP contribution in [0.15, 0.2) is 57.8 Å². The van der Waals surface area contributed by atoms with Crippen molar-refractivity contribution in [2.45, 2.75) is 32.0 Å². The highest BCUT2D eigenvalue weighted by molar-refractivity contribution is 5.87. The minimum Gasteiger partial charge on any atom is -0.504 e. The number of ether oxygens (including phenoxy) is 3. The Balaban J connectivity index is 1.53. The highest BCUT2D eigenvalue weighted by Gasteiger charge is 2.39. The van der Waals surface area contributed by atoms with Gasteiger partial charge in [0.1, 0.15) is 23.0 Å². The molecular weight excluding hydrogens is 400 g/mol. The van der Waals surface area contributed by atoms with Gasteiger partial charge < -0.3 is 23.7 Å². The van der Waals surface area contributed by atoms with E-state index < -0.39 is 23.3 Å². The fourth-order valence-electron chi connectivity index (χ4n) is 3.52. The molecule has 1 aromatic heterocycles. The number of phenols is 1. The number of benzene rings is 2. The molecule has 1 aliphatic heterocycles. The van der Waals surface area contributed by atoms with Crippen LogP contribution in [0.25, 0.3) is 17.0 Å². The number of rotatable bonds is 4. The molecule has 0 saturated heterocycles. The fourth-order valence-corrected chi connectivity index (χ4v) is 3.52. The molecule has 0 amide bonds. The van der Waals surface area contributed by atoms with Crippen molar-refractivity contribution < 1.29 is 28.5 Å². The van der Waals surface area contributed by atoms with E-state index in [2.05, 4.69) is 0 Å². The zero-order valence-corrected chi connectivity index (χ0v) is 17.4. The average Bonchev–Trinajstić information content (AvgIpc) is 2.72. The van der Waals surface area contributed by atoms with Gasteiger partial charge in [-0.3, -0.25) is 0 Å². The summed E-state index contributed by atoms with van der Waals surface area (Å²) in [6.07, 6.45) is 2.86. The van der Waals surface area contributed by atoms with Gasteiger partial charge in [-0.25, -0.2) is 9.59 Å². The lowest BCUT2D eigenvalue weighted by Gasteiger charge is -2.39. The number of fused-ring (bicyclic) bond motifs is 2. The maximum atomic E-state index is 12.5. The highest BCUT2D eigenvalue weighted by Crippen LogP contribution is 2.37. The Morgan fingerprint density at radius 1 is 1.19 bits per heavy atom. The third-order valence-corrected chi connectivity index (χ3v) is 5.23. The second-order valence-electron chi connectivity index (χ2n) is 7.85. The summed E-state index contributed by atoms with van der Waals surface area (Å²) in [4.78, 5) is 23.9. The van der Waals surface area contributed by atoms with Gasteiger partial charge >= 0.3 is 11.6 Å². The third kappa shape index (κ3) is 4.26. The number of hydrogen-bond acceptors (Lipinski definition) is 7. The van der Waals surface area contributed by atoms with Gasteiger partial charge in [0.2, 0.25) is 0 Å². The quantitative estimate of drug-likeness (QED) is 0.388. The van der Waals surface area contributed by atoms with Crippen molar-refractivity contribution >= 4 is 23.0 Å². The van der Waals surface area contributed by atoms with Crippen LogP contribution in [0.2, 0.25) is 0 Å². The van der Waals surface area contributed by atoms with Gasteiger partial charge in [-0.15, -0.1) is 0 Å². The Morgan fingerprint density at radius 3 is 2.77 bits per heavy atom. The average molecular weight is 422 g/mol. The molecule has 1 atom stereocenters. The van der Waals surface area contributed by atoms with Gasteiger partial charge in [0.05, 0.1) is 7.11 Å². The summed E-state index contributed by atoms with van der Waals surface area (Å²) in [5.41, 5.74) is 0.799. The maximum Gasteiger partial charge on any atom is 0.336 e. The Bertz CT molecular complexity index is 1240. The van der Waals surface area contributed by atoms with Gasteiger partial charge in [0, 0.05) is 30.0 Å². The molecule has 1 unspecified atom stereocenters. The lowest BCUT2D eigenvalue weighted by atomic mass is 9.90. The fraction of sp³-hybridized carbons (Fsp3) is 0.250. The largest absolute Gasteiger partial charge is 0.504 e. The monoisotopic (exact) mass is 422 g/mol. The molecule has 0 spiro atoms. The molecule has 31 heavy (non-hydrogen) atoms. The van der Waals surface area contributed by atoms with Crippen molar-refractivity contribution in [3.05, 3.63) is 70.1 Å². The molecule has 0 fully saturated rings. The number of esters is 1. The first-order valence-electron chi connectivity index (χ1n) is 9.77. The van der Waals surface area contributed by atoms with Crippen molar-refractivity contribution in [3.8, 4) is 17.2 Å². The van der Waals surface area contributed by atoms with Crippen LogP contribution in [0.4, 0.5) is 0 Å². The van der Waals surface area contributed by atoms with E-state index >= 15 is 0 Å². The first kappa shape index (κ1) is 20.5. The number of methoxy groups -OCH3 is 1. The molecule has 2 heterocycles. The standard InChI is InChI=1S/C24H22O7/c1-24(2)21(30-23(27)8-5-14-4-7-17(25)20(10-14)28-3)12-16-11-15-6-9-22(26)29-18(15)13-19(16)31-24/h4-11,13,21,25H,12H2,1-3H3. The molecule has 0 aliphatic carbocycles. The molecule has 1 N–H and O–H groups in total. The Morgan fingerprint density at radius 2 is 2.00 bits per heavy atom. The zero-order chi connectivity index (χ0) is 22.2. The molecule has 2 aromatic carbocycles. The normalized spacial score (nSPS) is 17.2. The smallest absolute Gasteiger partial charge is 0.336 e. The predicted octanol–water partition coefficient (Wildman–Crippen LogP) is 3.85. The highest BCUT2D eigenvalue weighted by atomic mass is 16.6. The van der Waals surface area contributed by atoms with Crippen molar-refractivity contribution in [2.24, 2.45) is 0 Å². The summed E-state index contributed by atoms with van der Waals surface area (Å²) in [5, 5.41) is 10.4. The topological polar surface area (TPSA) is 95.2 Å². The molecule has 1 aliphatic rings. The van der Waals surface area contributed by atoms with Crippen LogP contribution in [0.1, 0.15) is 25.0 Å². The SMILES string of the molecule is COc1cc(C=CC(=O)OC2Cc3cc4ccc(=O)oc4cc3OC2(C)C)ccc1O. The van der Waals surface area contributed by atoms with Crippen LogP contribution < -0.4 is 15.1 Å². The first-order valence-corrected chi connectivity index (χ1v) is 9.77. The van der Waals surface area contributed by atoms with Crippen molar-refractivity contribution in [3.63, 3.8) is 0 Å². The molecular formula is C24H22O7. The van der Waals surface area contributed by atoms with E-state index in [9.17, 15) is 14.7 Å². The first-order chi connectivity index (χ1) is 14.7. The predicted molar refractivity (Wildman–Crippen MR) is 114 cm³/mol. The molecule has 0 saturated carbocycles. The Kier molecular flexibility index (Phi) is 5.19. The van der Waals surface area contributed by atoms with E-state index in [-0.39, 0.29) is 5.75 Å². The summed E-state index contributed by atoms with van der Waals surface area (Å²) in [6.45, 7) is 3.68. The second-order valence-corrected chi connectivity index (χ2v) is 7.85. The molecule has 7 heteroatoms. The van der Waals surface area contributed by atoms with Crippen LogP contribution in [0.5, 0.6) is 17.2 Å². The van der Waals surface area contributed by atoms with E-state index in [1.54, 1.807) is 30.3 Å². The van der Waals surface area contributed by atoms with Crippen LogP contribution >= 0.6 is 0 Å². The number of hydrogen-bond donors (Lipinski definition) is 1. The summed E-state index contributed by atoms with van der Waals surface area (Å²) in [7, 11) is 1.46. The summed E-state index contributed by atoms with van der Waals surface area (Å²) in [5.74, 6) is 0.431. The summed E-state index contributed by atoms with van der Waals surface area (Å²) < 4.78 is 22.1. The minimum atomic E-state index is -0.777. The third-order valence-electron chi connectivity index (χ3n) is 5.23. The van der Waals surface area contributed by atoms with Gasteiger partial charge in [-0.2, -0.15) is 0 Å². The Hall–Kier alpha value is -3.74. The lowest BCUT2D eigenvalue weighted by Crippen LogP contribution is -2.48.